The first-order valence-corrected chi connectivity index (χ1v) is 9.25. The fourth-order valence-corrected chi connectivity index (χ4v) is 4.58. The zero-order valence-electron chi connectivity index (χ0n) is 14.4. The summed E-state index contributed by atoms with van der Waals surface area (Å²) in [5.74, 6) is 1.10. The lowest BCUT2D eigenvalue weighted by Gasteiger charge is -2.24. The normalized spacial score (nSPS) is 31.3. The van der Waals surface area contributed by atoms with Crippen LogP contribution < -0.4 is 15.5 Å². The van der Waals surface area contributed by atoms with Gasteiger partial charge in [-0.2, -0.15) is 13.2 Å². The number of fused-ring (bicyclic) bond motifs is 1. The molecule has 3 aliphatic rings. The topological polar surface area (TPSA) is 57.3 Å². The van der Waals surface area contributed by atoms with E-state index in [-0.39, 0.29) is 23.9 Å². The van der Waals surface area contributed by atoms with Crippen molar-refractivity contribution in [3.05, 3.63) is 23.9 Å². The van der Waals surface area contributed by atoms with Gasteiger partial charge in [-0.25, -0.2) is 4.98 Å². The predicted octanol–water partition coefficient (Wildman–Crippen LogP) is 2.18. The molecule has 0 spiro atoms. The Hall–Kier alpha value is -1.83. The molecule has 5 nitrogen and oxygen atoms in total. The van der Waals surface area contributed by atoms with Gasteiger partial charge in [0.1, 0.15) is 11.5 Å². The van der Waals surface area contributed by atoms with Crippen LogP contribution in [0.1, 0.15) is 31.4 Å². The number of amides is 1. The molecule has 1 amide bonds. The number of hydrogen-bond donors (Lipinski definition) is 2. The Balaban J connectivity index is 1.42. The standard InChI is InChI=1S/C18H23F3N4O/c19-18(20,21)15-4-1-5-16(24-15)25-9-11-6-7-13(12(11)10-25)23-17(26)14-3-2-8-22-14/h1,4-5,11-14,22H,2-3,6-10H2,(H,23,26)/t11?,12?,13?,14-/m0/s1. The van der Waals surface area contributed by atoms with Crippen LogP contribution >= 0.6 is 0 Å². The lowest BCUT2D eigenvalue weighted by Crippen LogP contribution is -2.47. The van der Waals surface area contributed by atoms with Crippen LogP contribution in [0.4, 0.5) is 19.0 Å². The lowest BCUT2D eigenvalue weighted by atomic mass is 9.97. The summed E-state index contributed by atoms with van der Waals surface area (Å²) in [6.45, 7) is 2.22. The number of nitrogens with zero attached hydrogens (tertiary/aromatic N) is 2. The molecule has 3 fully saturated rings. The molecule has 26 heavy (non-hydrogen) atoms. The summed E-state index contributed by atoms with van der Waals surface area (Å²) in [4.78, 5) is 18.1. The highest BCUT2D eigenvalue weighted by atomic mass is 19.4. The molecule has 2 aliphatic heterocycles. The Kier molecular flexibility index (Phi) is 4.54. The Morgan fingerprint density at radius 1 is 1.23 bits per heavy atom. The number of alkyl halides is 3. The number of hydrogen-bond acceptors (Lipinski definition) is 4. The number of nitrogens with one attached hydrogen (secondary N) is 2. The molecule has 4 rings (SSSR count). The van der Waals surface area contributed by atoms with E-state index in [2.05, 4.69) is 15.6 Å². The molecule has 0 radical (unpaired) electrons. The molecule has 142 valence electrons. The zero-order valence-corrected chi connectivity index (χ0v) is 14.4. The van der Waals surface area contributed by atoms with Gasteiger partial charge in [0.05, 0.1) is 6.04 Å². The highest BCUT2D eigenvalue weighted by molar-refractivity contribution is 5.82. The minimum atomic E-state index is -4.43. The first kappa shape index (κ1) is 17.6. The monoisotopic (exact) mass is 368 g/mol. The van der Waals surface area contributed by atoms with Gasteiger partial charge in [-0.3, -0.25) is 4.79 Å². The van der Waals surface area contributed by atoms with Crippen LogP contribution in [0.15, 0.2) is 18.2 Å². The van der Waals surface area contributed by atoms with E-state index in [9.17, 15) is 18.0 Å². The maximum absolute atomic E-state index is 12.9. The number of aromatic nitrogens is 1. The van der Waals surface area contributed by atoms with Gasteiger partial charge in [-0.1, -0.05) is 6.07 Å². The van der Waals surface area contributed by atoms with Gasteiger partial charge in [-0.15, -0.1) is 0 Å². The number of carbonyl (C=O) groups excluding carboxylic acids is 1. The molecule has 1 aliphatic carbocycles. The maximum atomic E-state index is 12.9. The Morgan fingerprint density at radius 2 is 2.08 bits per heavy atom. The van der Waals surface area contributed by atoms with Crippen molar-refractivity contribution in [3.63, 3.8) is 0 Å². The third-order valence-corrected chi connectivity index (χ3v) is 5.91. The minimum Gasteiger partial charge on any atom is -0.356 e. The van der Waals surface area contributed by atoms with Crippen molar-refractivity contribution >= 4 is 11.7 Å². The molecule has 2 N–H and O–H groups in total. The van der Waals surface area contributed by atoms with E-state index in [1.807, 2.05) is 4.90 Å². The number of rotatable bonds is 3. The Morgan fingerprint density at radius 3 is 2.81 bits per heavy atom. The smallest absolute Gasteiger partial charge is 0.356 e. The highest BCUT2D eigenvalue weighted by Crippen LogP contribution is 2.40. The predicted molar refractivity (Wildman–Crippen MR) is 90.6 cm³/mol. The average molecular weight is 368 g/mol. The molecule has 3 heterocycles. The summed E-state index contributed by atoms with van der Waals surface area (Å²) in [5.41, 5.74) is -0.857. The molecule has 0 bridgehead atoms. The van der Waals surface area contributed by atoms with Gasteiger partial charge in [0.25, 0.3) is 0 Å². The van der Waals surface area contributed by atoms with Gasteiger partial charge in [0, 0.05) is 25.0 Å². The van der Waals surface area contributed by atoms with Crippen LogP contribution in [0.2, 0.25) is 0 Å². The van der Waals surface area contributed by atoms with Gasteiger partial charge >= 0.3 is 6.18 Å². The number of anilines is 1. The second kappa shape index (κ2) is 6.72. The number of halogens is 3. The van der Waals surface area contributed by atoms with Crippen LogP contribution in [-0.4, -0.2) is 42.6 Å². The second-order valence-corrected chi connectivity index (χ2v) is 7.55. The summed E-state index contributed by atoms with van der Waals surface area (Å²) in [5, 5.41) is 6.38. The molecule has 0 aromatic carbocycles. The van der Waals surface area contributed by atoms with E-state index in [0.29, 0.717) is 24.8 Å². The van der Waals surface area contributed by atoms with Gasteiger partial charge in [-0.05, 0) is 50.3 Å². The van der Waals surface area contributed by atoms with Gasteiger partial charge in [0.2, 0.25) is 5.91 Å². The molecule has 1 aromatic rings. The van der Waals surface area contributed by atoms with Crippen molar-refractivity contribution in [3.8, 4) is 0 Å². The van der Waals surface area contributed by atoms with Crippen LogP contribution in [0.5, 0.6) is 0 Å². The van der Waals surface area contributed by atoms with Crippen molar-refractivity contribution in [2.75, 3.05) is 24.5 Å². The summed E-state index contributed by atoms with van der Waals surface area (Å²) in [6.07, 6.45) is -0.617. The van der Waals surface area contributed by atoms with Crippen LogP contribution in [0.25, 0.3) is 0 Å². The van der Waals surface area contributed by atoms with E-state index < -0.39 is 11.9 Å². The van der Waals surface area contributed by atoms with Crippen molar-refractivity contribution in [2.24, 2.45) is 11.8 Å². The molecule has 4 atom stereocenters. The third kappa shape index (κ3) is 3.39. The largest absolute Gasteiger partial charge is 0.433 e. The summed E-state index contributed by atoms with van der Waals surface area (Å²) in [7, 11) is 0. The van der Waals surface area contributed by atoms with Crippen LogP contribution in [0, 0.1) is 11.8 Å². The van der Waals surface area contributed by atoms with Crippen molar-refractivity contribution < 1.29 is 18.0 Å². The third-order valence-electron chi connectivity index (χ3n) is 5.91. The maximum Gasteiger partial charge on any atom is 0.433 e. The van der Waals surface area contributed by atoms with Crippen molar-refractivity contribution in [1.29, 1.82) is 0 Å². The lowest BCUT2D eigenvalue weighted by molar-refractivity contribution is -0.141. The number of pyridine rings is 1. The fourth-order valence-electron chi connectivity index (χ4n) is 4.58. The van der Waals surface area contributed by atoms with E-state index in [4.69, 9.17) is 0 Å². The van der Waals surface area contributed by atoms with Crippen molar-refractivity contribution in [2.45, 2.75) is 43.9 Å². The molecule has 8 heteroatoms. The molecular weight excluding hydrogens is 345 g/mol. The first-order valence-electron chi connectivity index (χ1n) is 9.25. The first-order chi connectivity index (χ1) is 12.4. The van der Waals surface area contributed by atoms with E-state index in [1.54, 1.807) is 6.07 Å². The summed E-state index contributed by atoms with van der Waals surface area (Å²) in [6, 6.07) is 4.04. The summed E-state index contributed by atoms with van der Waals surface area (Å²) >= 11 is 0. The minimum absolute atomic E-state index is 0.0591. The highest BCUT2D eigenvalue weighted by Gasteiger charge is 2.44. The van der Waals surface area contributed by atoms with E-state index in [0.717, 1.165) is 38.3 Å². The summed E-state index contributed by atoms with van der Waals surface area (Å²) < 4.78 is 38.7. The van der Waals surface area contributed by atoms with Gasteiger partial charge < -0.3 is 15.5 Å². The second-order valence-electron chi connectivity index (χ2n) is 7.55. The van der Waals surface area contributed by atoms with Gasteiger partial charge in [0.15, 0.2) is 0 Å². The molecular formula is C18H23F3N4O. The van der Waals surface area contributed by atoms with E-state index >= 15 is 0 Å². The Labute approximate surface area is 150 Å². The SMILES string of the molecule is O=C(NC1CCC2CN(c3cccc(C(F)(F)F)n3)CC21)[C@@H]1CCCN1. The average Bonchev–Trinajstić information content (AvgIpc) is 3.32. The molecule has 1 saturated carbocycles. The molecule has 1 aromatic heterocycles. The van der Waals surface area contributed by atoms with Crippen molar-refractivity contribution in [1.82, 2.24) is 15.6 Å². The molecule has 2 saturated heterocycles. The van der Waals surface area contributed by atoms with E-state index in [1.165, 1.54) is 6.07 Å². The quantitative estimate of drug-likeness (QED) is 0.859. The number of carbonyl (C=O) groups is 1. The van der Waals surface area contributed by atoms with Crippen LogP contribution in [-0.2, 0) is 11.0 Å². The van der Waals surface area contributed by atoms with Crippen LogP contribution in [0.3, 0.4) is 0 Å². The molecule has 3 unspecified atom stereocenters. The Bertz CT molecular complexity index is 675. The fraction of sp³-hybridized carbons (Fsp3) is 0.667. The zero-order chi connectivity index (χ0) is 18.3.